The van der Waals surface area contributed by atoms with Crippen molar-refractivity contribution in [1.29, 1.82) is 0 Å². The van der Waals surface area contributed by atoms with Crippen LogP contribution < -0.4 is 5.32 Å². The van der Waals surface area contributed by atoms with Gasteiger partial charge in [0.1, 0.15) is 0 Å². The van der Waals surface area contributed by atoms with E-state index >= 15 is 0 Å². The quantitative estimate of drug-likeness (QED) is 0.895. The Balaban J connectivity index is 1.90. The molecule has 0 spiro atoms. The summed E-state index contributed by atoms with van der Waals surface area (Å²) in [6.07, 6.45) is 6.88. The molecule has 0 saturated heterocycles. The Morgan fingerprint density at radius 1 is 1.14 bits per heavy atom. The van der Waals surface area contributed by atoms with Crippen LogP contribution in [0.5, 0.6) is 0 Å². The summed E-state index contributed by atoms with van der Waals surface area (Å²) in [4.78, 5) is 7.30. The molecule has 0 atom stereocenters. The molecule has 3 heteroatoms. The number of aromatic nitrogens is 1. The maximum Gasteiger partial charge on any atom is 0.0547 e. The molecule has 1 N–H and O–H groups in total. The van der Waals surface area contributed by atoms with Gasteiger partial charge >= 0.3 is 0 Å². The Labute approximate surface area is 130 Å². The summed E-state index contributed by atoms with van der Waals surface area (Å²) in [5.41, 5.74) is 2.46. The predicted octanol–water partition coefficient (Wildman–Crippen LogP) is 3.73. The van der Waals surface area contributed by atoms with Gasteiger partial charge in [-0.15, -0.1) is 0 Å². The van der Waals surface area contributed by atoms with Gasteiger partial charge in [0.2, 0.25) is 0 Å². The lowest BCUT2D eigenvalue weighted by Gasteiger charge is -2.31. The van der Waals surface area contributed by atoms with E-state index in [0.717, 1.165) is 24.8 Å². The molecule has 0 unspecified atom stereocenters. The number of rotatable bonds is 5. The molecular weight excluding hydrogens is 258 g/mol. The SMILES string of the molecule is CN(Cc1cccc(CNC(C)(C)C)n1)C1CCCCC1. The second-order valence-electron chi connectivity index (χ2n) is 7.43. The molecule has 1 aliphatic carbocycles. The molecule has 1 heterocycles. The van der Waals surface area contributed by atoms with E-state index in [1.165, 1.54) is 37.8 Å². The van der Waals surface area contributed by atoms with Crippen molar-refractivity contribution >= 4 is 0 Å². The first kappa shape index (κ1) is 16.4. The fraction of sp³-hybridized carbons (Fsp3) is 0.722. The van der Waals surface area contributed by atoms with Crippen LogP contribution in [0.25, 0.3) is 0 Å². The van der Waals surface area contributed by atoms with Crippen molar-refractivity contribution in [3.63, 3.8) is 0 Å². The number of pyridine rings is 1. The van der Waals surface area contributed by atoms with Crippen LogP contribution in [0.3, 0.4) is 0 Å². The van der Waals surface area contributed by atoms with Gasteiger partial charge in [-0.05, 0) is 52.8 Å². The smallest absolute Gasteiger partial charge is 0.0547 e. The van der Waals surface area contributed by atoms with Crippen molar-refractivity contribution in [1.82, 2.24) is 15.2 Å². The highest BCUT2D eigenvalue weighted by atomic mass is 15.1. The fourth-order valence-electron chi connectivity index (χ4n) is 2.98. The molecule has 1 aliphatic rings. The molecule has 0 radical (unpaired) electrons. The van der Waals surface area contributed by atoms with E-state index < -0.39 is 0 Å². The zero-order chi connectivity index (χ0) is 15.3. The van der Waals surface area contributed by atoms with Crippen LogP contribution in [-0.4, -0.2) is 28.5 Å². The molecule has 1 aromatic heterocycles. The van der Waals surface area contributed by atoms with Gasteiger partial charge in [0.05, 0.1) is 11.4 Å². The molecule has 1 fully saturated rings. The molecule has 21 heavy (non-hydrogen) atoms. The first-order chi connectivity index (χ1) is 9.94. The van der Waals surface area contributed by atoms with Gasteiger partial charge in [0.25, 0.3) is 0 Å². The average molecular weight is 289 g/mol. The topological polar surface area (TPSA) is 28.2 Å². The predicted molar refractivity (Wildman–Crippen MR) is 89.2 cm³/mol. The molecular formula is C18H31N3. The Hall–Kier alpha value is -0.930. The van der Waals surface area contributed by atoms with E-state index in [9.17, 15) is 0 Å². The third kappa shape index (κ3) is 5.76. The highest BCUT2D eigenvalue weighted by Gasteiger charge is 2.18. The number of nitrogens with zero attached hydrogens (tertiary/aromatic N) is 2. The van der Waals surface area contributed by atoms with Crippen molar-refractivity contribution < 1.29 is 0 Å². The minimum atomic E-state index is 0.135. The minimum Gasteiger partial charge on any atom is -0.306 e. The van der Waals surface area contributed by atoms with Gasteiger partial charge in [-0.25, -0.2) is 0 Å². The maximum atomic E-state index is 4.81. The van der Waals surface area contributed by atoms with Crippen molar-refractivity contribution in [2.24, 2.45) is 0 Å². The van der Waals surface area contributed by atoms with Crippen molar-refractivity contribution in [3.8, 4) is 0 Å². The molecule has 0 aliphatic heterocycles. The standard InChI is InChI=1S/C18H31N3/c1-18(2,3)19-13-15-9-8-10-16(20-15)14-21(4)17-11-6-5-7-12-17/h8-10,17,19H,5-7,11-14H2,1-4H3. The third-order valence-electron chi connectivity index (χ3n) is 4.27. The summed E-state index contributed by atoms with van der Waals surface area (Å²) >= 11 is 0. The summed E-state index contributed by atoms with van der Waals surface area (Å²) in [6, 6.07) is 7.15. The zero-order valence-electron chi connectivity index (χ0n) is 14.2. The van der Waals surface area contributed by atoms with Gasteiger partial charge in [0, 0.05) is 24.7 Å². The first-order valence-corrected chi connectivity index (χ1v) is 8.34. The van der Waals surface area contributed by atoms with Crippen molar-refractivity contribution in [2.45, 2.75) is 77.5 Å². The minimum absolute atomic E-state index is 0.135. The molecule has 0 bridgehead atoms. The van der Waals surface area contributed by atoms with E-state index in [2.05, 4.69) is 56.2 Å². The normalized spacial score (nSPS) is 17.4. The van der Waals surface area contributed by atoms with E-state index in [-0.39, 0.29) is 5.54 Å². The van der Waals surface area contributed by atoms with Gasteiger partial charge < -0.3 is 5.32 Å². The molecule has 0 aromatic carbocycles. The Morgan fingerprint density at radius 2 is 1.81 bits per heavy atom. The number of hydrogen-bond donors (Lipinski definition) is 1. The zero-order valence-corrected chi connectivity index (χ0v) is 14.2. The van der Waals surface area contributed by atoms with Crippen LogP contribution in [0.4, 0.5) is 0 Å². The lowest BCUT2D eigenvalue weighted by Crippen LogP contribution is -2.35. The summed E-state index contributed by atoms with van der Waals surface area (Å²) in [7, 11) is 2.25. The lowest BCUT2D eigenvalue weighted by atomic mass is 9.94. The fourth-order valence-corrected chi connectivity index (χ4v) is 2.98. The van der Waals surface area contributed by atoms with Crippen LogP contribution in [-0.2, 0) is 13.1 Å². The summed E-state index contributed by atoms with van der Waals surface area (Å²) in [6.45, 7) is 8.37. The number of nitrogens with one attached hydrogen (secondary N) is 1. The van der Waals surface area contributed by atoms with Crippen molar-refractivity contribution in [2.75, 3.05) is 7.05 Å². The van der Waals surface area contributed by atoms with Crippen LogP contribution in [0.2, 0.25) is 0 Å². The van der Waals surface area contributed by atoms with Gasteiger partial charge in [0.15, 0.2) is 0 Å². The monoisotopic (exact) mass is 289 g/mol. The molecule has 2 rings (SSSR count). The van der Waals surface area contributed by atoms with Gasteiger partial charge in [-0.2, -0.15) is 0 Å². The Bertz CT molecular complexity index is 430. The molecule has 118 valence electrons. The van der Waals surface area contributed by atoms with Gasteiger partial charge in [-0.3, -0.25) is 9.88 Å². The highest BCUT2D eigenvalue weighted by Crippen LogP contribution is 2.22. The van der Waals surface area contributed by atoms with Crippen molar-refractivity contribution in [3.05, 3.63) is 29.6 Å². The summed E-state index contributed by atoms with van der Waals surface area (Å²) in [5.74, 6) is 0. The molecule has 0 amide bonds. The van der Waals surface area contributed by atoms with Crippen LogP contribution in [0, 0.1) is 0 Å². The van der Waals surface area contributed by atoms with E-state index in [4.69, 9.17) is 4.98 Å². The third-order valence-corrected chi connectivity index (χ3v) is 4.27. The van der Waals surface area contributed by atoms with Crippen LogP contribution in [0.15, 0.2) is 18.2 Å². The van der Waals surface area contributed by atoms with E-state index in [1.807, 2.05) is 0 Å². The average Bonchev–Trinajstić information content (AvgIpc) is 2.46. The van der Waals surface area contributed by atoms with Crippen LogP contribution in [0.1, 0.15) is 64.3 Å². The van der Waals surface area contributed by atoms with Crippen LogP contribution >= 0.6 is 0 Å². The molecule has 1 saturated carbocycles. The Kier molecular flexibility index (Phi) is 5.77. The highest BCUT2D eigenvalue weighted by molar-refractivity contribution is 5.11. The molecule has 3 nitrogen and oxygen atoms in total. The van der Waals surface area contributed by atoms with E-state index in [0.29, 0.717) is 0 Å². The summed E-state index contributed by atoms with van der Waals surface area (Å²) in [5, 5.41) is 3.51. The molecule has 1 aromatic rings. The second kappa shape index (κ2) is 7.37. The largest absolute Gasteiger partial charge is 0.306 e. The Morgan fingerprint density at radius 3 is 2.48 bits per heavy atom. The maximum absolute atomic E-state index is 4.81. The van der Waals surface area contributed by atoms with Gasteiger partial charge in [-0.1, -0.05) is 25.3 Å². The summed E-state index contributed by atoms with van der Waals surface area (Å²) < 4.78 is 0. The lowest BCUT2D eigenvalue weighted by molar-refractivity contribution is 0.182. The van der Waals surface area contributed by atoms with E-state index in [1.54, 1.807) is 0 Å². The number of hydrogen-bond acceptors (Lipinski definition) is 3. The second-order valence-corrected chi connectivity index (χ2v) is 7.43. The first-order valence-electron chi connectivity index (χ1n) is 8.34.